The van der Waals surface area contributed by atoms with E-state index < -0.39 is 11.6 Å². The highest BCUT2D eigenvalue weighted by Crippen LogP contribution is 2.26. The van der Waals surface area contributed by atoms with E-state index in [4.69, 9.17) is 6.57 Å². The van der Waals surface area contributed by atoms with E-state index in [-0.39, 0.29) is 27.5 Å². The first-order valence-electron chi connectivity index (χ1n) is 6.14. The average Bonchev–Trinajstić information content (AvgIpc) is 2.92. The van der Waals surface area contributed by atoms with E-state index in [0.29, 0.717) is 5.69 Å². The molecule has 3 aromatic rings. The summed E-state index contributed by atoms with van der Waals surface area (Å²) in [7, 11) is 0. The van der Waals surface area contributed by atoms with Crippen LogP contribution in [0, 0.1) is 18.2 Å². The Morgan fingerprint density at radius 3 is 3.00 bits per heavy atom. The van der Waals surface area contributed by atoms with Crippen molar-refractivity contribution in [2.45, 2.75) is 10.6 Å². The predicted molar refractivity (Wildman–Crippen MR) is 78.0 cm³/mol. The molecule has 5 nitrogen and oxygen atoms in total. The van der Waals surface area contributed by atoms with Crippen LogP contribution in [0.1, 0.15) is 5.69 Å². The first-order chi connectivity index (χ1) is 10.6. The van der Waals surface area contributed by atoms with Gasteiger partial charge < -0.3 is 5.10 Å². The number of halogens is 2. The highest BCUT2D eigenvalue weighted by Gasteiger charge is 2.11. The molecule has 0 saturated heterocycles. The van der Waals surface area contributed by atoms with Gasteiger partial charge in [-0.3, -0.25) is 4.79 Å². The van der Waals surface area contributed by atoms with Crippen molar-refractivity contribution in [3.8, 4) is 0 Å². The number of H-pyrrole nitrogens is 1. The molecule has 3 rings (SSSR count). The number of hydrogen-bond acceptors (Lipinski definition) is 3. The fourth-order valence-electron chi connectivity index (χ4n) is 1.92. The van der Waals surface area contributed by atoms with Crippen LogP contribution in [-0.4, -0.2) is 14.6 Å². The van der Waals surface area contributed by atoms with Gasteiger partial charge in [0.2, 0.25) is 5.69 Å². The first kappa shape index (κ1) is 14.3. The monoisotopic (exact) mass is 318 g/mol. The smallest absolute Gasteiger partial charge is 0.271 e. The molecule has 0 amide bonds. The van der Waals surface area contributed by atoms with Crippen molar-refractivity contribution in [3.63, 3.8) is 0 Å². The van der Waals surface area contributed by atoms with Crippen LogP contribution in [-0.2, 0) is 5.75 Å². The molecule has 0 saturated carbocycles. The number of hydrogen-bond donors (Lipinski definition) is 1. The molecule has 0 aliphatic rings. The van der Waals surface area contributed by atoms with E-state index in [1.807, 2.05) is 0 Å². The van der Waals surface area contributed by atoms with Gasteiger partial charge in [0.25, 0.3) is 5.56 Å². The normalized spacial score (nSPS) is 10.8. The Labute approximate surface area is 127 Å². The molecular weight excluding hydrogens is 310 g/mol. The van der Waals surface area contributed by atoms with E-state index in [1.54, 1.807) is 0 Å². The van der Waals surface area contributed by atoms with Crippen LogP contribution in [0.2, 0.25) is 0 Å². The maximum absolute atomic E-state index is 13.6. The molecule has 0 atom stereocenters. The maximum atomic E-state index is 13.6. The predicted octanol–water partition coefficient (Wildman–Crippen LogP) is 3.14. The highest BCUT2D eigenvalue weighted by molar-refractivity contribution is 7.98. The van der Waals surface area contributed by atoms with Gasteiger partial charge in [0.15, 0.2) is 17.3 Å². The van der Waals surface area contributed by atoms with E-state index in [9.17, 15) is 13.6 Å². The molecule has 22 heavy (non-hydrogen) atoms. The molecule has 8 heteroatoms. The Balaban J connectivity index is 1.93. The molecular formula is C14H8F2N4OS. The summed E-state index contributed by atoms with van der Waals surface area (Å²) in [6, 6.07) is 5.20. The minimum Gasteiger partial charge on any atom is -0.308 e. The Bertz CT molecular complexity index is 958. The summed E-state index contributed by atoms with van der Waals surface area (Å²) in [5.41, 5.74) is 0.470. The van der Waals surface area contributed by atoms with E-state index in [2.05, 4.69) is 14.9 Å². The lowest BCUT2D eigenvalue weighted by molar-refractivity contribution is 0.491. The molecule has 2 aromatic heterocycles. The first-order valence-corrected chi connectivity index (χ1v) is 7.13. The average molecular weight is 318 g/mol. The number of nitrogens with one attached hydrogen (secondary N) is 1. The van der Waals surface area contributed by atoms with Crippen LogP contribution in [0.15, 0.2) is 40.2 Å². The van der Waals surface area contributed by atoms with E-state index >= 15 is 0 Å². The molecule has 0 radical (unpaired) electrons. The zero-order valence-electron chi connectivity index (χ0n) is 11.0. The molecule has 0 aliphatic carbocycles. The number of rotatable bonds is 3. The van der Waals surface area contributed by atoms with Gasteiger partial charge in [0.05, 0.1) is 12.3 Å². The van der Waals surface area contributed by atoms with Crippen molar-refractivity contribution in [1.82, 2.24) is 14.6 Å². The molecule has 0 spiro atoms. The quantitative estimate of drug-likeness (QED) is 0.596. The van der Waals surface area contributed by atoms with Crippen LogP contribution in [0.4, 0.5) is 14.5 Å². The molecule has 110 valence electrons. The Hall–Kier alpha value is -2.66. The van der Waals surface area contributed by atoms with Crippen LogP contribution < -0.4 is 5.56 Å². The molecule has 0 fully saturated rings. The number of fused-ring (bicyclic) bond motifs is 1. The lowest BCUT2D eigenvalue weighted by atomic mass is 10.3. The number of thioether (sulfide) groups is 1. The van der Waals surface area contributed by atoms with Crippen LogP contribution in [0.3, 0.4) is 0 Å². The summed E-state index contributed by atoms with van der Waals surface area (Å²) >= 11 is 1.03. The Morgan fingerprint density at radius 2 is 2.23 bits per heavy atom. The summed E-state index contributed by atoms with van der Waals surface area (Å²) in [6.07, 6.45) is 1.39. The molecule has 1 N–H and O–H groups in total. The Morgan fingerprint density at radius 1 is 1.41 bits per heavy atom. The Kier molecular flexibility index (Phi) is 3.65. The number of aromatic nitrogens is 3. The third-order valence-corrected chi connectivity index (χ3v) is 4.01. The maximum Gasteiger partial charge on any atom is 0.271 e. The van der Waals surface area contributed by atoms with Crippen molar-refractivity contribution in [2.75, 3.05) is 0 Å². The van der Waals surface area contributed by atoms with Gasteiger partial charge >= 0.3 is 0 Å². The SMILES string of the molecule is [C-]#[N+]c1c[nH]n2c(=O)cc(CSc3cccc(F)c3F)nc12. The number of aromatic amines is 1. The van der Waals surface area contributed by atoms with E-state index in [0.717, 1.165) is 22.3 Å². The van der Waals surface area contributed by atoms with Gasteiger partial charge in [0.1, 0.15) is 0 Å². The van der Waals surface area contributed by atoms with Gasteiger partial charge in [0, 0.05) is 22.9 Å². The van der Waals surface area contributed by atoms with Crippen molar-refractivity contribution >= 4 is 23.1 Å². The minimum absolute atomic E-state index is 0.140. The second-order valence-electron chi connectivity index (χ2n) is 4.36. The lowest BCUT2D eigenvalue weighted by Crippen LogP contribution is -2.15. The molecule has 1 aromatic carbocycles. The molecule has 0 unspecified atom stereocenters. The molecule has 2 heterocycles. The van der Waals surface area contributed by atoms with Crippen LogP contribution >= 0.6 is 11.8 Å². The second-order valence-corrected chi connectivity index (χ2v) is 5.37. The summed E-state index contributed by atoms with van der Waals surface area (Å²) in [4.78, 5) is 19.5. The zero-order valence-corrected chi connectivity index (χ0v) is 11.8. The van der Waals surface area contributed by atoms with Gasteiger partial charge in [-0.25, -0.2) is 23.1 Å². The number of nitrogens with zero attached hydrogens (tertiary/aromatic N) is 3. The minimum atomic E-state index is -0.922. The molecule has 0 aliphatic heterocycles. The third kappa shape index (κ3) is 2.46. The van der Waals surface area contributed by atoms with Crippen molar-refractivity contribution in [3.05, 3.63) is 69.6 Å². The lowest BCUT2D eigenvalue weighted by Gasteiger charge is -2.04. The summed E-state index contributed by atoms with van der Waals surface area (Å²) in [6.45, 7) is 7.02. The standard InChI is InChI=1S/C14H8F2N4OS/c1-17-10-6-18-20-12(21)5-8(19-14(10)20)7-22-11-4-2-3-9(15)13(11)16/h2-6,18H,7H2. The topological polar surface area (TPSA) is 54.5 Å². The van der Waals surface area contributed by atoms with Gasteiger partial charge in [-0.15, -0.1) is 11.8 Å². The summed E-state index contributed by atoms with van der Waals surface area (Å²) < 4.78 is 27.9. The summed E-state index contributed by atoms with van der Waals surface area (Å²) in [5.74, 6) is -1.66. The van der Waals surface area contributed by atoms with Crippen LogP contribution in [0.25, 0.3) is 10.5 Å². The highest BCUT2D eigenvalue weighted by atomic mass is 32.2. The zero-order chi connectivity index (χ0) is 15.7. The van der Waals surface area contributed by atoms with Crippen molar-refractivity contribution in [1.29, 1.82) is 0 Å². The second kappa shape index (κ2) is 5.61. The van der Waals surface area contributed by atoms with Crippen molar-refractivity contribution < 1.29 is 8.78 Å². The largest absolute Gasteiger partial charge is 0.308 e. The fraction of sp³-hybridized carbons (Fsp3) is 0.0714. The van der Waals surface area contributed by atoms with Gasteiger partial charge in [-0.05, 0) is 12.1 Å². The fourth-order valence-corrected chi connectivity index (χ4v) is 2.77. The van der Waals surface area contributed by atoms with Crippen molar-refractivity contribution in [2.24, 2.45) is 0 Å². The molecule has 0 bridgehead atoms. The third-order valence-electron chi connectivity index (χ3n) is 2.94. The van der Waals surface area contributed by atoms with E-state index in [1.165, 1.54) is 24.4 Å². The number of benzene rings is 1. The van der Waals surface area contributed by atoms with Crippen LogP contribution in [0.5, 0.6) is 0 Å². The summed E-state index contributed by atoms with van der Waals surface area (Å²) in [5, 5.41) is 2.64. The van der Waals surface area contributed by atoms with Gasteiger partial charge in [-0.1, -0.05) is 6.07 Å². The van der Waals surface area contributed by atoms with Gasteiger partial charge in [-0.2, -0.15) is 0 Å².